The molecule has 0 bridgehead atoms. The molecule has 1 aromatic heterocycles. The molecule has 0 saturated heterocycles. The number of amides is 1. The number of hydrogen-bond donors (Lipinski definition) is 2. The van der Waals surface area contributed by atoms with Gasteiger partial charge in [-0.2, -0.15) is 0 Å². The number of carbonyl (C=O) groups is 3. The number of carbonyl (C=O) groups excluding carboxylic acids is 3. The van der Waals surface area contributed by atoms with Crippen LogP contribution >= 0.6 is 0 Å². The molecular weight excluding hydrogens is 375 g/mol. The van der Waals surface area contributed by atoms with Gasteiger partial charge in [0, 0.05) is 16.9 Å². The van der Waals surface area contributed by atoms with E-state index in [4.69, 9.17) is 4.74 Å². The fraction of sp³-hybridized carbons (Fsp3) is 0.136. The summed E-state index contributed by atoms with van der Waals surface area (Å²) < 4.78 is 18.2. The number of nitrogens with one attached hydrogen (secondary N) is 2. The molecule has 0 aliphatic heterocycles. The third-order valence-corrected chi connectivity index (χ3v) is 4.26. The van der Waals surface area contributed by atoms with Crippen LogP contribution in [0.5, 0.6) is 0 Å². The van der Waals surface area contributed by atoms with E-state index in [0.717, 1.165) is 0 Å². The SMILES string of the molecule is CCOC(=O)c1c(C)[nH]c(C(=O)C(=O)Nc2ccc(F)cc2)c1-c1ccccc1. The van der Waals surface area contributed by atoms with Gasteiger partial charge in [0.05, 0.1) is 12.2 Å². The summed E-state index contributed by atoms with van der Waals surface area (Å²) in [5.41, 5.74) is 1.78. The number of esters is 1. The lowest BCUT2D eigenvalue weighted by molar-refractivity contribution is -0.112. The Morgan fingerprint density at radius 2 is 1.69 bits per heavy atom. The molecule has 2 aromatic carbocycles. The molecule has 2 N–H and O–H groups in total. The van der Waals surface area contributed by atoms with Gasteiger partial charge >= 0.3 is 5.97 Å². The van der Waals surface area contributed by atoms with Gasteiger partial charge in [0.2, 0.25) is 0 Å². The number of rotatable bonds is 6. The molecule has 29 heavy (non-hydrogen) atoms. The minimum Gasteiger partial charge on any atom is -0.462 e. The predicted octanol–water partition coefficient (Wildman–Crippen LogP) is 4.13. The van der Waals surface area contributed by atoms with Crippen LogP contribution in [0.3, 0.4) is 0 Å². The van der Waals surface area contributed by atoms with Crippen molar-refractivity contribution in [2.45, 2.75) is 13.8 Å². The zero-order valence-electron chi connectivity index (χ0n) is 15.9. The van der Waals surface area contributed by atoms with Gasteiger partial charge in [-0.1, -0.05) is 30.3 Å². The van der Waals surface area contributed by atoms with Gasteiger partial charge in [0.15, 0.2) is 0 Å². The van der Waals surface area contributed by atoms with E-state index in [2.05, 4.69) is 10.3 Å². The van der Waals surface area contributed by atoms with E-state index in [-0.39, 0.29) is 23.6 Å². The van der Waals surface area contributed by atoms with Crippen molar-refractivity contribution in [1.29, 1.82) is 0 Å². The normalized spacial score (nSPS) is 10.4. The Bertz CT molecular complexity index is 1060. The second-order valence-electron chi connectivity index (χ2n) is 6.25. The van der Waals surface area contributed by atoms with E-state index in [1.165, 1.54) is 24.3 Å². The maximum atomic E-state index is 13.0. The first-order valence-corrected chi connectivity index (χ1v) is 8.98. The number of benzene rings is 2. The van der Waals surface area contributed by atoms with Gasteiger partial charge in [-0.05, 0) is 43.7 Å². The summed E-state index contributed by atoms with van der Waals surface area (Å²) in [7, 11) is 0. The molecule has 148 valence electrons. The second kappa shape index (κ2) is 8.52. The van der Waals surface area contributed by atoms with Crippen LogP contribution in [-0.4, -0.2) is 29.3 Å². The fourth-order valence-electron chi connectivity index (χ4n) is 2.98. The number of H-pyrrole nitrogens is 1. The number of anilines is 1. The average Bonchev–Trinajstić information content (AvgIpc) is 3.07. The quantitative estimate of drug-likeness (QED) is 0.374. The van der Waals surface area contributed by atoms with Crippen molar-refractivity contribution in [3.8, 4) is 11.1 Å². The van der Waals surface area contributed by atoms with Crippen LogP contribution in [0.15, 0.2) is 54.6 Å². The summed E-state index contributed by atoms with van der Waals surface area (Å²) in [4.78, 5) is 40.7. The van der Waals surface area contributed by atoms with Gasteiger partial charge in [0.25, 0.3) is 11.7 Å². The van der Waals surface area contributed by atoms with Crippen molar-refractivity contribution in [3.63, 3.8) is 0 Å². The van der Waals surface area contributed by atoms with Crippen LogP contribution in [-0.2, 0) is 9.53 Å². The Morgan fingerprint density at radius 1 is 1.03 bits per heavy atom. The third-order valence-electron chi connectivity index (χ3n) is 4.26. The van der Waals surface area contributed by atoms with Crippen LogP contribution in [0.25, 0.3) is 11.1 Å². The number of Topliss-reactive ketones (excluding diaryl/α,β-unsaturated/α-hetero) is 1. The highest BCUT2D eigenvalue weighted by Crippen LogP contribution is 2.31. The van der Waals surface area contributed by atoms with E-state index in [9.17, 15) is 18.8 Å². The minimum absolute atomic E-state index is 0.0173. The number of ketones is 1. The zero-order chi connectivity index (χ0) is 21.0. The lowest BCUT2D eigenvalue weighted by atomic mass is 9.98. The summed E-state index contributed by atoms with van der Waals surface area (Å²) in [6, 6.07) is 13.8. The van der Waals surface area contributed by atoms with Gasteiger partial charge in [-0.15, -0.1) is 0 Å². The summed E-state index contributed by atoms with van der Waals surface area (Å²) in [5.74, 6) is -2.81. The number of hydrogen-bond acceptors (Lipinski definition) is 4. The second-order valence-corrected chi connectivity index (χ2v) is 6.25. The van der Waals surface area contributed by atoms with Crippen molar-refractivity contribution in [3.05, 3.63) is 77.4 Å². The summed E-state index contributed by atoms with van der Waals surface area (Å²) in [5, 5.41) is 2.44. The monoisotopic (exact) mass is 394 g/mol. The van der Waals surface area contributed by atoms with Crippen LogP contribution in [0.1, 0.15) is 33.5 Å². The first-order chi connectivity index (χ1) is 13.9. The number of ether oxygens (including phenoxy) is 1. The van der Waals surface area contributed by atoms with Crippen molar-refractivity contribution in [2.24, 2.45) is 0 Å². The molecule has 7 heteroatoms. The van der Waals surface area contributed by atoms with E-state index >= 15 is 0 Å². The lowest BCUT2D eigenvalue weighted by Crippen LogP contribution is -2.24. The smallest absolute Gasteiger partial charge is 0.340 e. The minimum atomic E-state index is -0.912. The molecule has 0 fully saturated rings. The van der Waals surface area contributed by atoms with Crippen molar-refractivity contribution < 1.29 is 23.5 Å². The predicted molar refractivity (Wildman–Crippen MR) is 106 cm³/mol. The molecule has 1 amide bonds. The summed E-state index contributed by atoms with van der Waals surface area (Å²) in [6.07, 6.45) is 0. The van der Waals surface area contributed by atoms with Gasteiger partial charge in [-0.25, -0.2) is 9.18 Å². The Morgan fingerprint density at radius 3 is 2.31 bits per heavy atom. The van der Waals surface area contributed by atoms with Crippen LogP contribution in [0.2, 0.25) is 0 Å². The Kier molecular flexibility index (Phi) is 5.87. The number of aromatic nitrogens is 1. The largest absolute Gasteiger partial charge is 0.462 e. The van der Waals surface area contributed by atoms with Crippen LogP contribution < -0.4 is 5.32 Å². The molecule has 3 rings (SSSR count). The van der Waals surface area contributed by atoms with Crippen molar-refractivity contribution in [2.75, 3.05) is 11.9 Å². The molecule has 1 heterocycles. The highest BCUT2D eigenvalue weighted by atomic mass is 19.1. The van der Waals surface area contributed by atoms with Crippen molar-refractivity contribution in [1.82, 2.24) is 4.98 Å². The first-order valence-electron chi connectivity index (χ1n) is 8.98. The van der Waals surface area contributed by atoms with E-state index in [1.54, 1.807) is 44.2 Å². The highest BCUT2D eigenvalue weighted by Gasteiger charge is 2.29. The molecule has 0 unspecified atom stereocenters. The number of aryl methyl sites for hydroxylation is 1. The molecule has 0 aliphatic rings. The summed E-state index contributed by atoms with van der Waals surface area (Å²) >= 11 is 0. The fourth-order valence-corrected chi connectivity index (χ4v) is 2.98. The molecular formula is C22H19FN2O4. The Hall–Kier alpha value is -3.74. The maximum absolute atomic E-state index is 13.0. The maximum Gasteiger partial charge on any atom is 0.340 e. The van der Waals surface area contributed by atoms with Gasteiger partial charge in [0.1, 0.15) is 11.5 Å². The zero-order valence-corrected chi connectivity index (χ0v) is 15.9. The molecule has 6 nitrogen and oxygen atoms in total. The average molecular weight is 394 g/mol. The summed E-state index contributed by atoms with van der Waals surface area (Å²) in [6.45, 7) is 3.49. The molecule has 0 radical (unpaired) electrons. The van der Waals surface area contributed by atoms with E-state index < -0.39 is 23.5 Å². The number of halogens is 1. The standard InChI is InChI=1S/C22H19FN2O4/c1-3-29-22(28)17-13(2)24-19(18(17)14-7-5-4-6-8-14)20(26)21(27)25-16-11-9-15(23)10-12-16/h4-12,24H,3H2,1-2H3,(H,25,27). The molecule has 0 saturated carbocycles. The number of aromatic amines is 1. The molecule has 0 spiro atoms. The van der Waals surface area contributed by atoms with Gasteiger partial charge in [-0.3, -0.25) is 9.59 Å². The topological polar surface area (TPSA) is 88.3 Å². The van der Waals surface area contributed by atoms with Gasteiger partial charge < -0.3 is 15.0 Å². The van der Waals surface area contributed by atoms with Crippen LogP contribution in [0.4, 0.5) is 10.1 Å². The first kappa shape index (κ1) is 20.0. The lowest BCUT2D eigenvalue weighted by Gasteiger charge is -2.08. The third kappa shape index (κ3) is 4.24. The van der Waals surface area contributed by atoms with E-state index in [1.807, 2.05) is 0 Å². The molecule has 0 aliphatic carbocycles. The highest BCUT2D eigenvalue weighted by molar-refractivity contribution is 6.47. The molecule has 0 atom stereocenters. The van der Waals surface area contributed by atoms with Crippen molar-refractivity contribution >= 4 is 23.3 Å². The Balaban J connectivity index is 2.02. The molecule has 3 aromatic rings. The van der Waals surface area contributed by atoms with Crippen LogP contribution in [0, 0.1) is 12.7 Å². The van der Waals surface area contributed by atoms with E-state index in [0.29, 0.717) is 16.8 Å². The Labute approximate surface area is 166 Å².